The van der Waals surface area contributed by atoms with Crippen LogP contribution in [0.3, 0.4) is 0 Å². The van der Waals surface area contributed by atoms with E-state index in [0.717, 1.165) is 0 Å². The number of carbonyl (C=O) groups excluding carboxylic acids is 3. The maximum absolute atomic E-state index is 11.5. The Labute approximate surface area is 124 Å². The number of carbonyl (C=O) groups is 3. The molecule has 108 valence electrons. The summed E-state index contributed by atoms with van der Waals surface area (Å²) in [5.74, 6) is -2.02. The lowest BCUT2D eigenvalue weighted by atomic mass is 10.1. The number of nitrogens with one attached hydrogen (secondary N) is 1. The predicted octanol–water partition coefficient (Wildman–Crippen LogP) is 2.00. The van der Waals surface area contributed by atoms with Gasteiger partial charge in [0.1, 0.15) is 0 Å². The number of halogens is 2. The Hall–Kier alpha value is -1.79. The minimum atomic E-state index is -1.28. The van der Waals surface area contributed by atoms with Crippen molar-refractivity contribution in [1.82, 2.24) is 0 Å². The van der Waals surface area contributed by atoms with Crippen LogP contribution in [0.4, 0.5) is 5.69 Å². The highest BCUT2D eigenvalue weighted by Gasteiger charge is 2.17. The summed E-state index contributed by atoms with van der Waals surface area (Å²) in [5, 5.41) is 2.36. The van der Waals surface area contributed by atoms with Crippen LogP contribution in [-0.2, 0) is 14.3 Å². The third kappa shape index (κ3) is 4.11. The maximum Gasteiger partial charge on any atom is 0.337 e. The number of benzene rings is 1. The van der Waals surface area contributed by atoms with Crippen molar-refractivity contribution >= 4 is 46.7 Å². The molecule has 8 heteroatoms. The summed E-state index contributed by atoms with van der Waals surface area (Å²) in [4.78, 5) is 33.1. The summed E-state index contributed by atoms with van der Waals surface area (Å²) in [6.07, 6.45) is 0. The number of methoxy groups -OCH3 is 2. The third-order valence-electron chi connectivity index (χ3n) is 2.24. The molecule has 1 aromatic rings. The van der Waals surface area contributed by atoms with Crippen LogP contribution in [0.5, 0.6) is 0 Å². The number of rotatable bonds is 4. The molecule has 0 bridgehead atoms. The van der Waals surface area contributed by atoms with E-state index in [9.17, 15) is 14.4 Å². The van der Waals surface area contributed by atoms with Crippen LogP contribution in [0.2, 0.25) is 0 Å². The maximum atomic E-state index is 11.5. The summed E-state index contributed by atoms with van der Waals surface area (Å²) < 4.78 is 9.11. The van der Waals surface area contributed by atoms with Gasteiger partial charge in [-0.1, -0.05) is 23.2 Å². The summed E-state index contributed by atoms with van der Waals surface area (Å²) in [7, 11) is 2.39. The van der Waals surface area contributed by atoms with E-state index in [1.165, 1.54) is 32.4 Å². The molecule has 0 saturated carbocycles. The number of hydrogen-bond acceptors (Lipinski definition) is 5. The largest absolute Gasteiger partial charge is 0.465 e. The molecule has 20 heavy (non-hydrogen) atoms. The molecule has 0 unspecified atom stereocenters. The fourth-order valence-corrected chi connectivity index (χ4v) is 1.48. The van der Waals surface area contributed by atoms with Crippen molar-refractivity contribution < 1.29 is 23.9 Å². The van der Waals surface area contributed by atoms with Gasteiger partial charge in [-0.2, -0.15) is 0 Å². The normalized spacial score (nSPS) is 10.1. The molecular weight excluding hydrogens is 309 g/mol. The van der Waals surface area contributed by atoms with Gasteiger partial charge in [-0.3, -0.25) is 4.79 Å². The van der Waals surface area contributed by atoms with Crippen molar-refractivity contribution in [2.75, 3.05) is 19.5 Å². The fourth-order valence-electron chi connectivity index (χ4n) is 1.37. The van der Waals surface area contributed by atoms with Gasteiger partial charge in [0.2, 0.25) is 0 Å². The van der Waals surface area contributed by atoms with Crippen LogP contribution >= 0.6 is 23.2 Å². The molecule has 0 spiro atoms. The molecule has 0 radical (unpaired) electrons. The van der Waals surface area contributed by atoms with E-state index < -0.39 is 22.7 Å². The number of anilines is 1. The fraction of sp³-hybridized carbons (Fsp3) is 0.250. The first-order valence-electron chi connectivity index (χ1n) is 5.29. The number of ether oxygens (including phenoxy) is 2. The monoisotopic (exact) mass is 319 g/mol. The Kier molecular flexibility index (Phi) is 5.79. The number of esters is 2. The van der Waals surface area contributed by atoms with Gasteiger partial charge in [0.25, 0.3) is 5.91 Å². The molecule has 0 aliphatic rings. The lowest BCUT2D eigenvalue weighted by Crippen LogP contribution is -2.19. The second kappa shape index (κ2) is 7.12. The van der Waals surface area contributed by atoms with Crippen LogP contribution in [0.1, 0.15) is 20.7 Å². The highest BCUT2D eigenvalue weighted by molar-refractivity contribution is 6.54. The summed E-state index contributed by atoms with van der Waals surface area (Å²) >= 11 is 10.8. The summed E-state index contributed by atoms with van der Waals surface area (Å²) in [5.41, 5.74) is 0.322. The van der Waals surface area contributed by atoms with Gasteiger partial charge < -0.3 is 14.8 Å². The molecule has 0 saturated heterocycles. The van der Waals surface area contributed by atoms with Gasteiger partial charge in [-0.15, -0.1) is 0 Å². The topological polar surface area (TPSA) is 81.7 Å². The number of hydrogen-bond donors (Lipinski definition) is 1. The molecule has 0 aromatic heterocycles. The van der Waals surface area contributed by atoms with Gasteiger partial charge >= 0.3 is 11.9 Å². The van der Waals surface area contributed by atoms with Crippen molar-refractivity contribution in [2.24, 2.45) is 0 Å². The van der Waals surface area contributed by atoms with Gasteiger partial charge in [-0.25, -0.2) is 9.59 Å². The third-order valence-corrected chi connectivity index (χ3v) is 2.64. The van der Waals surface area contributed by atoms with E-state index >= 15 is 0 Å². The van der Waals surface area contributed by atoms with Gasteiger partial charge in [-0.05, 0) is 18.2 Å². The minimum Gasteiger partial charge on any atom is -0.465 e. The Morgan fingerprint density at radius 1 is 1.00 bits per heavy atom. The van der Waals surface area contributed by atoms with Crippen molar-refractivity contribution in [3.05, 3.63) is 29.3 Å². The molecule has 0 fully saturated rings. The molecule has 0 aliphatic carbocycles. The number of alkyl halides is 2. The predicted molar refractivity (Wildman–Crippen MR) is 73.2 cm³/mol. The first-order valence-corrected chi connectivity index (χ1v) is 6.17. The van der Waals surface area contributed by atoms with Gasteiger partial charge in [0, 0.05) is 5.69 Å². The zero-order valence-electron chi connectivity index (χ0n) is 10.6. The number of amides is 1. The van der Waals surface area contributed by atoms with Crippen molar-refractivity contribution in [1.29, 1.82) is 0 Å². The molecule has 0 heterocycles. The smallest absolute Gasteiger partial charge is 0.337 e. The quantitative estimate of drug-likeness (QED) is 0.678. The van der Waals surface area contributed by atoms with E-state index in [1.807, 2.05) is 0 Å². The minimum absolute atomic E-state index is 0.0754. The van der Waals surface area contributed by atoms with Crippen molar-refractivity contribution in [3.8, 4) is 0 Å². The highest BCUT2D eigenvalue weighted by Crippen LogP contribution is 2.18. The SMILES string of the molecule is COC(=O)c1cc(NC(=O)C(Cl)Cl)cc(C(=O)OC)c1. The van der Waals surface area contributed by atoms with Crippen LogP contribution < -0.4 is 5.32 Å². The standard InChI is InChI=1S/C12H11Cl2NO5/c1-19-11(17)6-3-7(12(18)20-2)5-8(4-6)15-10(16)9(13)14/h3-5,9H,1-2H3,(H,15,16). The molecule has 1 amide bonds. The average molecular weight is 320 g/mol. The zero-order chi connectivity index (χ0) is 15.3. The average Bonchev–Trinajstić information content (AvgIpc) is 2.44. The second-order valence-corrected chi connectivity index (χ2v) is 4.67. The van der Waals surface area contributed by atoms with E-state index in [4.69, 9.17) is 23.2 Å². The van der Waals surface area contributed by atoms with Gasteiger partial charge in [0.05, 0.1) is 25.3 Å². The summed E-state index contributed by atoms with van der Waals surface area (Å²) in [6, 6.07) is 3.94. The molecular formula is C12H11Cl2NO5. The molecule has 1 aromatic carbocycles. The Bertz CT molecular complexity index is 510. The van der Waals surface area contributed by atoms with E-state index in [1.54, 1.807) is 0 Å². The molecule has 1 N–H and O–H groups in total. The van der Waals surface area contributed by atoms with Crippen LogP contribution in [0.15, 0.2) is 18.2 Å². The lowest BCUT2D eigenvalue weighted by molar-refractivity contribution is -0.114. The molecule has 0 aliphatic heterocycles. The van der Waals surface area contributed by atoms with Crippen LogP contribution in [-0.4, -0.2) is 36.9 Å². The lowest BCUT2D eigenvalue weighted by Gasteiger charge is -2.09. The Balaban J connectivity index is 3.19. The van der Waals surface area contributed by atoms with Crippen molar-refractivity contribution in [2.45, 2.75) is 4.84 Å². The van der Waals surface area contributed by atoms with Crippen LogP contribution in [0, 0.1) is 0 Å². The molecule has 1 rings (SSSR count). The first-order chi connectivity index (χ1) is 9.38. The summed E-state index contributed by atoms with van der Waals surface area (Å²) in [6.45, 7) is 0. The van der Waals surface area contributed by atoms with E-state index in [0.29, 0.717) is 0 Å². The van der Waals surface area contributed by atoms with E-state index in [2.05, 4.69) is 14.8 Å². The Morgan fingerprint density at radius 2 is 1.45 bits per heavy atom. The zero-order valence-corrected chi connectivity index (χ0v) is 12.1. The molecule has 6 nitrogen and oxygen atoms in total. The van der Waals surface area contributed by atoms with Crippen molar-refractivity contribution in [3.63, 3.8) is 0 Å². The van der Waals surface area contributed by atoms with Crippen LogP contribution in [0.25, 0.3) is 0 Å². The first kappa shape index (κ1) is 16.3. The Morgan fingerprint density at radius 3 is 1.80 bits per heavy atom. The highest BCUT2D eigenvalue weighted by atomic mass is 35.5. The molecule has 0 atom stereocenters. The second-order valence-electron chi connectivity index (χ2n) is 3.57. The van der Waals surface area contributed by atoms with Gasteiger partial charge in [0.15, 0.2) is 4.84 Å². The van der Waals surface area contributed by atoms with E-state index in [-0.39, 0.29) is 16.8 Å².